The molecular weight excluding hydrogens is 302 g/mol. The Hall–Kier alpha value is -2.40. The van der Waals surface area contributed by atoms with Crippen molar-refractivity contribution in [2.75, 3.05) is 14.2 Å². The first-order valence-corrected chi connectivity index (χ1v) is 8.13. The monoisotopic (exact) mass is 327 g/mol. The van der Waals surface area contributed by atoms with Crippen molar-refractivity contribution in [3.63, 3.8) is 0 Å². The van der Waals surface area contributed by atoms with Crippen molar-refractivity contribution in [3.8, 4) is 0 Å². The average molecular weight is 327 g/mol. The highest BCUT2D eigenvalue weighted by atomic mass is 16.5. The highest BCUT2D eigenvalue weighted by molar-refractivity contribution is 5.74. The summed E-state index contributed by atoms with van der Waals surface area (Å²) < 4.78 is 5.14. The van der Waals surface area contributed by atoms with Crippen LogP contribution in [-0.4, -0.2) is 30.1 Å². The van der Waals surface area contributed by atoms with Gasteiger partial charge in [-0.1, -0.05) is 31.2 Å². The summed E-state index contributed by atoms with van der Waals surface area (Å²) in [4.78, 5) is 18.3. The van der Waals surface area contributed by atoms with Gasteiger partial charge < -0.3 is 15.0 Å². The highest BCUT2D eigenvalue weighted by Gasteiger charge is 2.19. The predicted octanol–water partition coefficient (Wildman–Crippen LogP) is 3.52. The number of methoxy groups -OCH3 is 1. The number of nitrogens with one attached hydrogen (secondary N) is 1. The normalized spacial score (nSPS) is 11.8. The fourth-order valence-corrected chi connectivity index (χ4v) is 2.76. The van der Waals surface area contributed by atoms with E-state index < -0.39 is 0 Å². The molecule has 0 aliphatic carbocycles. The molecule has 1 heterocycles. The molecule has 5 heteroatoms. The van der Waals surface area contributed by atoms with E-state index >= 15 is 0 Å². The minimum absolute atomic E-state index is 0.0350. The van der Waals surface area contributed by atoms with Crippen LogP contribution in [0.25, 0.3) is 0 Å². The number of ether oxygens (including phenoxy) is 1. The van der Waals surface area contributed by atoms with Crippen LogP contribution in [0.2, 0.25) is 0 Å². The van der Waals surface area contributed by atoms with Crippen molar-refractivity contribution < 1.29 is 9.53 Å². The number of carbonyl (C=O) groups is 1. The SMILES string of the molecule is CCC(c1ccncc1)N(C)C(=O)NCc1cccc(COC)c1. The van der Waals surface area contributed by atoms with Crippen LogP contribution in [0.15, 0.2) is 48.8 Å². The molecule has 0 aliphatic rings. The summed E-state index contributed by atoms with van der Waals surface area (Å²) in [7, 11) is 3.50. The average Bonchev–Trinajstić information content (AvgIpc) is 2.62. The molecule has 1 aromatic heterocycles. The van der Waals surface area contributed by atoms with Crippen LogP contribution in [0, 0.1) is 0 Å². The van der Waals surface area contributed by atoms with E-state index in [1.54, 1.807) is 24.4 Å². The number of urea groups is 1. The van der Waals surface area contributed by atoms with E-state index in [-0.39, 0.29) is 12.1 Å². The molecule has 0 fully saturated rings. The van der Waals surface area contributed by atoms with Gasteiger partial charge in [-0.2, -0.15) is 0 Å². The minimum Gasteiger partial charge on any atom is -0.380 e. The maximum absolute atomic E-state index is 12.5. The molecule has 2 aromatic rings. The van der Waals surface area contributed by atoms with Crippen molar-refractivity contribution >= 4 is 6.03 Å². The molecule has 2 amide bonds. The van der Waals surface area contributed by atoms with Crippen LogP contribution < -0.4 is 5.32 Å². The molecule has 0 spiro atoms. The zero-order valence-electron chi connectivity index (χ0n) is 14.5. The van der Waals surface area contributed by atoms with E-state index in [9.17, 15) is 4.79 Å². The topological polar surface area (TPSA) is 54.5 Å². The van der Waals surface area contributed by atoms with Crippen LogP contribution >= 0.6 is 0 Å². The molecular formula is C19H25N3O2. The summed E-state index contributed by atoms with van der Waals surface area (Å²) in [5, 5.41) is 2.98. The van der Waals surface area contributed by atoms with E-state index in [0.717, 1.165) is 23.1 Å². The summed E-state index contributed by atoms with van der Waals surface area (Å²) in [6.45, 7) is 3.14. The summed E-state index contributed by atoms with van der Waals surface area (Å²) in [6.07, 6.45) is 4.35. The molecule has 0 aliphatic heterocycles. The second-order valence-electron chi connectivity index (χ2n) is 5.73. The summed E-state index contributed by atoms with van der Waals surface area (Å²) in [5.74, 6) is 0. The van der Waals surface area contributed by atoms with Gasteiger partial charge >= 0.3 is 6.03 Å². The second-order valence-corrected chi connectivity index (χ2v) is 5.73. The largest absolute Gasteiger partial charge is 0.380 e. The number of rotatable bonds is 7. The van der Waals surface area contributed by atoms with E-state index in [2.05, 4.69) is 17.2 Å². The number of hydrogen-bond donors (Lipinski definition) is 1. The first-order valence-electron chi connectivity index (χ1n) is 8.13. The van der Waals surface area contributed by atoms with Crippen LogP contribution in [0.5, 0.6) is 0 Å². The minimum atomic E-state index is -0.0872. The molecule has 1 aromatic carbocycles. The Morgan fingerprint density at radius 3 is 2.62 bits per heavy atom. The van der Waals surface area contributed by atoms with Gasteiger partial charge in [-0.3, -0.25) is 4.98 Å². The quantitative estimate of drug-likeness (QED) is 0.846. The van der Waals surface area contributed by atoms with Crippen LogP contribution in [0.1, 0.15) is 36.1 Å². The van der Waals surface area contributed by atoms with Gasteiger partial charge in [-0.15, -0.1) is 0 Å². The summed E-state index contributed by atoms with van der Waals surface area (Å²) >= 11 is 0. The Balaban J connectivity index is 1.97. The molecule has 0 bridgehead atoms. The first-order chi connectivity index (χ1) is 11.7. The van der Waals surface area contributed by atoms with Gasteiger partial charge in [0.2, 0.25) is 0 Å². The molecule has 0 saturated carbocycles. The van der Waals surface area contributed by atoms with Crippen molar-refractivity contribution in [1.29, 1.82) is 0 Å². The van der Waals surface area contributed by atoms with Gasteiger partial charge in [0.1, 0.15) is 0 Å². The van der Waals surface area contributed by atoms with Crippen molar-refractivity contribution in [3.05, 3.63) is 65.5 Å². The van der Waals surface area contributed by atoms with Gasteiger partial charge in [0.05, 0.1) is 12.6 Å². The first kappa shape index (κ1) is 17.9. The lowest BCUT2D eigenvalue weighted by Gasteiger charge is -2.27. The van der Waals surface area contributed by atoms with E-state index in [1.165, 1.54) is 0 Å². The van der Waals surface area contributed by atoms with E-state index in [1.807, 2.05) is 43.4 Å². The van der Waals surface area contributed by atoms with E-state index in [0.29, 0.717) is 13.2 Å². The molecule has 1 N–H and O–H groups in total. The van der Waals surface area contributed by atoms with Crippen LogP contribution in [0.3, 0.4) is 0 Å². The number of carbonyl (C=O) groups excluding carboxylic acids is 1. The maximum Gasteiger partial charge on any atom is 0.317 e. The Morgan fingerprint density at radius 2 is 1.96 bits per heavy atom. The van der Waals surface area contributed by atoms with Gasteiger partial charge in [0, 0.05) is 33.1 Å². The standard InChI is InChI=1S/C19H25N3O2/c1-4-18(17-8-10-20-11-9-17)22(2)19(23)21-13-15-6-5-7-16(12-15)14-24-3/h5-12,18H,4,13-14H2,1-3H3,(H,21,23). The third kappa shape index (κ3) is 4.80. The molecule has 128 valence electrons. The molecule has 0 saturated heterocycles. The molecule has 24 heavy (non-hydrogen) atoms. The Morgan fingerprint density at radius 1 is 1.25 bits per heavy atom. The van der Waals surface area contributed by atoms with Crippen LogP contribution in [0.4, 0.5) is 4.79 Å². The number of aromatic nitrogens is 1. The fraction of sp³-hybridized carbons (Fsp3) is 0.368. The molecule has 0 radical (unpaired) electrons. The lowest BCUT2D eigenvalue weighted by atomic mass is 10.1. The smallest absolute Gasteiger partial charge is 0.317 e. The highest BCUT2D eigenvalue weighted by Crippen LogP contribution is 2.22. The van der Waals surface area contributed by atoms with Gasteiger partial charge in [-0.05, 0) is 35.2 Å². The fourth-order valence-electron chi connectivity index (χ4n) is 2.76. The zero-order valence-corrected chi connectivity index (χ0v) is 14.5. The van der Waals surface area contributed by atoms with Crippen LogP contribution in [-0.2, 0) is 17.9 Å². The third-order valence-electron chi connectivity index (χ3n) is 4.01. The lowest BCUT2D eigenvalue weighted by Crippen LogP contribution is -2.39. The number of nitrogens with zero attached hydrogens (tertiary/aromatic N) is 2. The maximum atomic E-state index is 12.5. The number of pyridine rings is 1. The van der Waals surface area contributed by atoms with Gasteiger partial charge in [0.15, 0.2) is 0 Å². The summed E-state index contributed by atoms with van der Waals surface area (Å²) in [6, 6.07) is 11.9. The molecule has 1 unspecified atom stereocenters. The van der Waals surface area contributed by atoms with Gasteiger partial charge in [-0.25, -0.2) is 4.79 Å². The Labute approximate surface area is 143 Å². The number of hydrogen-bond acceptors (Lipinski definition) is 3. The zero-order chi connectivity index (χ0) is 17.4. The third-order valence-corrected chi connectivity index (χ3v) is 4.01. The van der Waals surface area contributed by atoms with E-state index in [4.69, 9.17) is 4.74 Å². The molecule has 2 rings (SSSR count). The summed E-state index contributed by atoms with van der Waals surface area (Å²) in [5.41, 5.74) is 3.25. The number of amides is 2. The van der Waals surface area contributed by atoms with Crippen molar-refractivity contribution in [2.24, 2.45) is 0 Å². The molecule has 1 atom stereocenters. The lowest BCUT2D eigenvalue weighted by molar-refractivity contribution is 0.184. The number of benzene rings is 1. The Kier molecular flexibility index (Phi) is 6.75. The predicted molar refractivity (Wildman–Crippen MR) is 94.4 cm³/mol. The van der Waals surface area contributed by atoms with Gasteiger partial charge in [0.25, 0.3) is 0 Å². The second kappa shape index (κ2) is 9.03. The Bertz CT molecular complexity index is 646. The molecule has 5 nitrogen and oxygen atoms in total. The van der Waals surface area contributed by atoms with Crippen molar-refractivity contribution in [1.82, 2.24) is 15.2 Å². The van der Waals surface area contributed by atoms with Crippen molar-refractivity contribution in [2.45, 2.75) is 32.5 Å².